The maximum absolute atomic E-state index is 5.33. The molecule has 1 heterocycles. The Morgan fingerprint density at radius 1 is 1.10 bits per heavy atom. The van der Waals surface area contributed by atoms with E-state index in [2.05, 4.69) is 20.6 Å². The Labute approximate surface area is 124 Å². The van der Waals surface area contributed by atoms with Crippen molar-refractivity contribution in [3.05, 3.63) is 36.2 Å². The lowest BCUT2D eigenvalue weighted by atomic mass is 10.3. The van der Waals surface area contributed by atoms with Crippen LogP contribution in [0.5, 0.6) is 5.75 Å². The minimum atomic E-state index is 0.361. The highest BCUT2D eigenvalue weighted by Gasteiger charge is 2.07. The maximum atomic E-state index is 5.33. The van der Waals surface area contributed by atoms with Gasteiger partial charge in [-0.1, -0.05) is 12.1 Å². The zero-order chi connectivity index (χ0) is 15.1. The summed E-state index contributed by atoms with van der Waals surface area (Å²) in [5.74, 6) is 2.83. The molecule has 6 nitrogen and oxygen atoms in total. The number of aromatic nitrogens is 2. The molecule has 6 heteroatoms. The lowest BCUT2D eigenvalue weighted by molar-refractivity contribution is 0.178. The van der Waals surface area contributed by atoms with Gasteiger partial charge in [0, 0.05) is 19.7 Å². The molecule has 0 bridgehead atoms. The number of nitrogens with one attached hydrogen (secondary N) is 2. The van der Waals surface area contributed by atoms with Gasteiger partial charge in [-0.3, -0.25) is 0 Å². The van der Waals surface area contributed by atoms with E-state index in [1.807, 2.05) is 37.3 Å². The quantitative estimate of drug-likeness (QED) is 0.816. The van der Waals surface area contributed by atoms with E-state index in [-0.39, 0.29) is 0 Å². The molecule has 0 saturated heterocycles. The summed E-state index contributed by atoms with van der Waals surface area (Å²) in [4.78, 5) is 8.81. The number of hydrogen-bond donors (Lipinski definition) is 2. The molecule has 0 aliphatic rings. The molecule has 0 amide bonds. The molecular formula is C15H20N4O2. The highest BCUT2D eigenvalue weighted by Crippen LogP contribution is 2.26. The fourth-order valence-electron chi connectivity index (χ4n) is 1.91. The van der Waals surface area contributed by atoms with Gasteiger partial charge in [-0.25, -0.2) is 9.97 Å². The van der Waals surface area contributed by atoms with Crippen LogP contribution in [0, 0.1) is 0 Å². The van der Waals surface area contributed by atoms with Crippen molar-refractivity contribution in [2.75, 3.05) is 31.4 Å². The molecule has 0 unspecified atom stereocenters. The second-order valence-corrected chi connectivity index (χ2v) is 4.34. The van der Waals surface area contributed by atoms with Gasteiger partial charge in [0.2, 0.25) is 0 Å². The van der Waals surface area contributed by atoms with Gasteiger partial charge in [0.15, 0.2) is 5.82 Å². The van der Waals surface area contributed by atoms with E-state index >= 15 is 0 Å². The molecule has 112 valence electrons. The largest absolute Gasteiger partial charge is 0.495 e. The summed E-state index contributed by atoms with van der Waals surface area (Å²) in [7, 11) is 3.26. The summed E-state index contributed by atoms with van der Waals surface area (Å²) >= 11 is 0. The van der Waals surface area contributed by atoms with E-state index in [0.717, 1.165) is 23.8 Å². The molecule has 0 spiro atoms. The zero-order valence-electron chi connectivity index (χ0n) is 12.5. The van der Waals surface area contributed by atoms with E-state index in [1.54, 1.807) is 14.2 Å². The van der Waals surface area contributed by atoms with Crippen molar-refractivity contribution in [1.29, 1.82) is 0 Å². The van der Waals surface area contributed by atoms with Gasteiger partial charge in [-0.05, 0) is 19.1 Å². The van der Waals surface area contributed by atoms with Gasteiger partial charge in [-0.2, -0.15) is 0 Å². The lowest BCUT2D eigenvalue weighted by Crippen LogP contribution is -2.07. The molecule has 1 aromatic heterocycles. The smallest absolute Gasteiger partial charge is 0.158 e. The van der Waals surface area contributed by atoms with Crippen LogP contribution in [0.4, 0.5) is 17.3 Å². The van der Waals surface area contributed by atoms with E-state index in [4.69, 9.17) is 9.47 Å². The Balaban J connectivity index is 2.29. The molecule has 0 atom stereocenters. The number of nitrogens with zero attached hydrogens (tertiary/aromatic N) is 2. The van der Waals surface area contributed by atoms with E-state index in [0.29, 0.717) is 18.2 Å². The van der Waals surface area contributed by atoms with Crippen molar-refractivity contribution < 1.29 is 9.47 Å². The first kappa shape index (κ1) is 15.1. The lowest BCUT2D eigenvalue weighted by Gasteiger charge is -2.12. The summed E-state index contributed by atoms with van der Waals surface area (Å²) in [6.07, 6.45) is 0. The van der Waals surface area contributed by atoms with E-state index < -0.39 is 0 Å². The predicted octanol–water partition coefficient (Wildman–Crippen LogP) is 2.81. The number of rotatable bonds is 7. The van der Waals surface area contributed by atoms with Crippen molar-refractivity contribution >= 4 is 17.3 Å². The highest BCUT2D eigenvalue weighted by atomic mass is 16.5. The van der Waals surface area contributed by atoms with Crippen LogP contribution in [0.15, 0.2) is 30.3 Å². The third-order valence-corrected chi connectivity index (χ3v) is 2.77. The number of ether oxygens (including phenoxy) is 2. The molecule has 0 radical (unpaired) electrons. The monoisotopic (exact) mass is 288 g/mol. The van der Waals surface area contributed by atoms with Crippen LogP contribution >= 0.6 is 0 Å². The molecule has 0 saturated carbocycles. The Hall–Kier alpha value is -2.34. The normalized spacial score (nSPS) is 10.2. The first-order chi connectivity index (χ1) is 10.3. The average Bonchev–Trinajstić information content (AvgIpc) is 2.48. The molecule has 2 N–H and O–H groups in total. The number of benzene rings is 1. The van der Waals surface area contributed by atoms with Crippen LogP contribution in [0.1, 0.15) is 12.7 Å². The van der Waals surface area contributed by atoms with Crippen LogP contribution in [-0.4, -0.2) is 30.7 Å². The third kappa shape index (κ3) is 4.06. The van der Waals surface area contributed by atoms with Gasteiger partial charge in [0.05, 0.1) is 12.8 Å². The van der Waals surface area contributed by atoms with Gasteiger partial charge in [-0.15, -0.1) is 0 Å². The third-order valence-electron chi connectivity index (χ3n) is 2.77. The molecule has 0 fully saturated rings. The van der Waals surface area contributed by atoms with Crippen LogP contribution in [-0.2, 0) is 11.3 Å². The van der Waals surface area contributed by atoms with E-state index in [1.165, 1.54) is 0 Å². The van der Waals surface area contributed by atoms with Crippen molar-refractivity contribution in [2.45, 2.75) is 13.5 Å². The van der Waals surface area contributed by atoms with Gasteiger partial charge >= 0.3 is 0 Å². The number of methoxy groups -OCH3 is 2. The molecule has 0 aliphatic heterocycles. The Morgan fingerprint density at radius 3 is 2.57 bits per heavy atom. The highest BCUT2D eigenvalue weighted by molar-refractivity contribution is 5.65. The number of hydrogen-bond acceptors (Lipinski definition) is 6. The first-order valence-corrected chi connectivity index (χ1v) is 6.77. The van der Waals surface area contributed by atoms with Crippen molar-refractivity contribution in [2.24, 2.45) is 0 Å². The molecule has 1 aromatic carbocycles. The Bertz CT molecular complexity index is 565. The second-order valence-electron chi connectivity index (χ2n) is 4.34. The SMILES string of the molecule is CCNc1cc(Nc2ccccc2OC)nc(COC)n1. The summed E-state index contributed by atoms with van der Waals surface area (Å²) in [6, 6.07) is 9.54. The molecule has 2 rings (SSSR count). The van der Waals surface area contributed by atoms with E-state index in [9.17, 15) is 0 Å². The van der Waals surface area contributed by atoms with Crippen LogP contribution in [0.2, 0.25) is 0 Å². The fraction of sp³-hybridized carbons (Fsp3) is 0.333. The summed E-state index contributed by atoms with van der Waals surface area (Å²) < 4.78 is 10.4. The first-order valence-electron chi connectivity index (χ1n) is 6.77. The minimum Gasteiger partial charge on any atom is -0.495 e. The molecule has 21 heavy (non-hydrogen) atoms. The van der Waals surface area contributed by atoms with Crippen LogP contribution in [0.25, 0.3) is 0 Å². The molecular weight excluding hydrogens is 268 g/mol. The van der Waals surface area contributed by atoms with Crippen molar-refractivity contribution in [1.82, 2.24) is 9.97 Å². The van der Waals surface area contributed by atoms with Gasteiger partial charge in [0.25, 0.3) is 0 Å². The predicted molar refractivity (Wildman–Crippen MR) is 83.2 cm³/mol. The standard InChI is InChI=1S/C15H20N4O2/c1-4-16-13-9-14(19-15(18-13)10-20-2)17-11-7-5-6-8-12(11)21-3/h5-9H,4,10H2,1-3H3,(H2,16,17,18,19). The fourth-order valence-corrected chi connectivity index (χ4v) is 1.91. The zero-order valence-corrected chi connectivity index (χ0v) is 12.5. The summed E-state index contributed by atoms with van der Waals surface area (Å²) in [5, 5.41) is 6.43. The number of para-hydroxylation sites is 2. The van der Waals surface area contributed by atoms with Crippen LogP contribution < -0.4 is 15.4 Å². The summed E-state index contributed by atoms with van der Waals surface area (Å²) in [6.45, 7) is 3.17. The maximum Gasteiger partial charge on any atom is 0.158 e. The number of anilines is 3. The second kappa shape index (κ2) is 7.44. The molecule has 0 aliphatic carbocycles. The molecule has 2 aromatic rings. The van der Waals surface area contributed by atoms with Crippen LogP contribution in [0.3, 0.4) is 0 Å². The topological polar surface area (TPSA) is 68.3 Å². The van der Waals surface area contributed by atoms with Crippen molar-refractivity contribution in [3.63, 3.8) is 0 Å². The van der Waals surface area contributed by atoms with Crippen molar-refractivity contribution in [3.8, 4) is 5.75 Å². The van der Waals surface area contributed by atoms with Gasteiger partial charge in [0.1, 0.15) is 24.0 Å². The van der Waals surface area contributed by atoms with Gasteiger partial charge < -0.3 is 20.1 Å². The Morgan fingerprint density at radius 2 is 1.86 bits per heavy atom. The Kier molecular flexibility index (Phi) is 5.34. The average molecular weight is 288 g/mol. The summed E-state index contributed by atoms with van der Waals surface area (Å²) in [5.41, 5.74) is 0.851. The minimum absolute atomic E-state index is 0.361.